The van der Waals surface area contributed by atoms with Crippen molar-refractivity contribution in [2.45, 2.75) is 6.92 Å². The molecule has 1 aromatic rings. The molecule has 0 bridgehead atoms. The second-order valence-electron chi connectivity index (χ2n) is 4.82. The average molecular weight is 296 g/mol. The van der Waals surface area contributed by atoms with E-state index in [1.165, 1.54) is 11.8 Å². The Balaban J connectivity index is 2.05. The maximum Gasteiger partial charge on any atom is 0.246 e. The lowest BCUT2D eigenvalue weighted by Crippen LogP contribution is -2.46. The van der Waals surface area contributed by atoms with Gasteiger partial charge in [0.15, 0.2) is 5.78 Å². The monoisotopic (exact) mass is 296 g/mol. The molecular formula is C16H12N2O2S. The Morgan fingerprint density at radius 1 is 1.33 bits per heavy atom. The molecule has 0 fully saturated rings. The minimum Gasteiger partial charge on any atom is -0.295 e. The topological polar surface area (TPSA) is 49.7 Å². The number of hydrogen-bond donors (Lipinski definition) is 0. The molecule has 0 saturated carbocycles. The van der Waals surface area contributed by atoms with Gasteiger partial charge in [-0.3, -0.25) is 14.5 Å². The summed E-state index contributed by atoms with van der Waals surface area (Å²) in [4.78, 5) is 29.8. The molecule has 0 saturated heterocycles. The van der Waals surface area contributed by atoms with Crippen LogP contribution in [-0.4, -0.2) is 22.5 Å². The van der Waals surface area contributed by atoms with E-state index in [9.17, 15) is 9.59 Å². The van der Waals surface area contributed by atoms with Crippen molar-refractivity contribution in [2.75, 3.05) is 4.90 Å². The lowest BCUT2D eigenvalue weighted by atomic mass is 9.95. The van der Waals surface area contributed by atoms with Gasteiger partial charge in [-0.15, -0.1) is 0 Å². The SMILES string of the molecule is CC(=O)c1cccc(N2C(=O)C3C=CC=CC3=NC2=S)c1. The molecule has 1 unspecified atom stereocenters. The third-order valence-electron chi connectivity index (χ3n) is 3.41. The van der Waals surface area contributed by atoms with Gasteiger partial charge in [0.2, 0.25) is 11.0 Å². The number of benzene rings is 1. The van der Waals surface area contributed by atoms with Gasteiger partial charge >= 0.3 is 0 Å². The Labute approximate surface area is 127 Å². The molecule has 2 aliphatic rings. The number of thiocarbonyl (C=S) groups is 1. The van der Waals surface area contributed by atoms with Gasteiger partial charge in [-0.25, -0.2) is 4.99 Å². The molecule has 0 N–H and O–H groups in total. The van der Waals surface area contributed by atoms with E-state index < -0.39 is 5.92 Å². The molecule has 4 nitrogen and oxygen atoms in total. The zero-order chi connectivity index (χ0) is 15.0. The van der Waals surface area contributed by atoms with Gasteiger partial charge in [0.05, 0.1) is 17.3 Å². The van der Waals surface area contributed by atoms with E-state index in [1.807, 2.05) is 12.2 Å². The molecule has 1 heterocycles. The quantitative estimate of drug-likeness (QED) is 0.623. The summed E-state index contributed by atoms with van der Waals surface area (Å²) in [7, 11) is 0. The van der Waals surface area contributed by atoms with Crippen LogP contribution in [0.3, 0.4) is 0 Å². The lowest BCUT2D eigenvalue weighted by Gasteiger charge is -2.30. The Hall–Kier alpha value is -2.40. The van der Waals surface area contributed by atoms with Gasteiger partial charge in [0.1, 0.15) is 0 Å². The molecule has 3 rings (SSSR count). The first kappa shape index (κ1) is 13.6. The minimum absolute atomic E-state index is 0.0584. The van der Waals surface area contributed by atoms with Crippen molar-refractivity contribution < 1.29 is 9.59 Å². The van der Waals surface area contributed by atoms with Crippen LogP contribution >= 0.6 is 12.2 Å². The Morgan fingerprint density at radius 2 is 2.14 bits per heavy atom. The predicted octanol–water partition coefficient (Wildman–Crippen LogP) is 2.70. The molecule has 0 aromatic heterocycles. The van der Waals surface area contributed by atoms with Crippen LogP contribution in [0.1, 0.15) is 17.3 Å². The third kappa shape index (κ3) is 2.36. The number of hydrogen-bond acceptors (Lipinski definition) is 3. The number of fused-ring (bicyclic) bond motifs is 1. The standard InChI is InChI=1S/C16H12N2O2S/c1-10(19)11-5-4-6-12(9-11)18-15(20)13-7-2-3-8-14(13)17-16(18)21/h2-9,13H,1H3. The summed E-state index contributed by atoms with van der Waals surface area (Å²) in [5, 5.41) is 0.201. The van der Waals surface area contributed by atoms with Crippen molar-refractivity contribution in [3.8, 4) is 0 Å². The number of allylic oxidation sites excluding steroid dienone is 3. The Kier molecular flexibility index (Phi) is 3.35. The third-order valence-corrected chi connectivity index (χ3v) is 3.69. The highest BCUT2D eigenvalue weighted by atomic mass is 32.1. The van der Waals surface area contributed by atoms with E-state index in [0.717, 1.165) is 0 Å². The maximum absolute atomic E-state index is 12.6. The Bertz CT molecular complexity index is 746. The highest BCUT2D eigenvalue weighted by molar-refractivity contribution is 7.80. The van der Waals surface area contributed by atoms with Crippen LogP contribution in [0, 0.1) is 5.92 Å². The molecule has 1 amide bonds. The van der Waals surface area contributed by atoms with Crippen LogP contribution in [0.15, 0.2) is 53.6 Å². The fourth-order valence-electron chi connectivity index (χ4n) is 2.34. The van der Waals surface area contributed by atoms with Gasteiger partial charge in [0.25, 0.3) is 0 Å². The highest BCUT2D eigenvalue weighted by Crippen LogP contribution is 2.26. The average Bonchev–Trinajstić information content (AvgIpc) is 2.47. The lowest BCUT2D eigenvalue weighted by molar-refractivity contribution is -0.118. The molecule has 104 valence electrons. The van der Waals surface area contributed by atoms with Gasteiger partial charge in [-0.05, 0) is 37.4 Å². The number of carbonyl (C=O) groups excluding carboxylic acids is 2. The van der Waals surface area contributed by atoms with E-state index in [0.29, 0.717) is 17.0 Å². The number of aliphatic imine (C=N–C) groups is 1. The van der Waals surface area contributed by atoms with Crippen molar-refractivity contribution in [3.63, 3.8) is 0 Å². The van der Waals surface area contributed by atoms with Gasteiger partial charge in [-0.2, -0.15) is 0 Å². The zero-order valence-corrected chi connectivity index (χ0v) is 12.1. The number of anilines is 1. The normalized spacial score (nSPS) is 20.3. The van der Waals surface area contributed by atoms with Crippen LogP contribution in [0.4, 0.5) is 5.69 Å². The van der Waals surface area contributed by atoms with Crippen molar-refractivity contribution in [3.05, 3.63) is 54.1 Å². The first-order valence-electron chi connectivity index (χ1n) is 6.50. The Morgan fingerprint density at radius 3 is 2.90 bits per heavy atom. The molecule has 5 heteroatoms. The number of nitrogens with zero attached hydrogens (tertiary/aromatic N) is 2. The molecule has 1 atom stereocenters. The number of rotatable bonds is 2. The van der Waals surface area contributed by atoms with Crippen molar-refractivity contribution in [2.24, 2.45) is 10.9 Å². The second kappa shape index (κ2) is 5.18. The van der Waals surface area contributed by atoms with Crippen LogP contribution in [-0.2, 0) is 4.79 Å². The maximum atomic E-state index is 12.6. The van der Waals surface area contributed by atoms with Gasteiger partial charge in [-0.1, -0.05) is 30.4 Å². The summed E-state index contributed by atoms with van der Waals surface area (Å²) < 4.78 is 0. The molecular weight excluding hydrogens is 284 g/mol. The van der Waals surface area contributed by atoms with Crippen molar-refractivity contribution >= 4 is 40.4 Å². The fraction of sp³-hybridized carbons (Fsp3) is 0.125. The predicted molar refractivity (Wildman–Crippen MR) is 85.7 cm³/mol. The molecule has 1 aliphatic carbocycles. The summed E-state index contributed by atoms with van der Waals surface area (Å²) in [6, 6.07) is 6.86. The molecule has 1 aliphatic heterocycles. The van der Waals surface area contributed by atoms with E-state index in [2.05, 4.69) is 4.99 Å². The van der Waals surface area contributed by atoms with E-state index in [1.54, 1.807) is 36.4 Å². The first-order chi connectivity index (χ1) is 10.1. The number of ketones is 1. The molecule has 0 spiro atoms. The smallest absolute Gasteiger partial charge is 0.246 e. The highest BCUT2D eigenvalue weighted by Gasteiger charge is 2.34. The number of carbonyl (C=O) groups is 2. The van der Waals surface area contributed by atoms with Crippen molar-refractivity contribution in [1.82, 2.24) is 0 Å². The van der Waals surface area contributed by atoms with Gasteiger partial charge < -0.3 is 0 Å². The first-order valence-corrected chi connectivity index (χ1v) is 6.91. The summed E-state index contributed by atoms with van der Waals surface area (Å²) in [6.07, 6.45) is 7.24. The molecule has 21 heavy (non-hydrogen) atoms. The summed E-state index contributed by atoms with van der Waals surface area (Å²) in [5.74, 6) is -0.620. The van der Waals surface area contributed by atoms with E-state index >= 15 is 0 Å². The van der Waals surface area contributed by atoms with E-state index in [4.69, 9.17) is 12.2 Å². The van der Waals surface area contributed by atoms with Crippen LogP contribution in [0.5, 0.6) is 0 Å². The zero-order valence-electron chi connectivity index (χ0n) is 11.3. The van der Waals surface area contributed by atoms with Crippen LogP contribution in [0.2, 0.25) is 0 Å². The molecule has 0 radical (unpaired) electrons. The second-order valence-corrected chi connectivity index (χ2v) is 5.19. The van der Waals surface area contributed by atoms with Crippen molar-refractivity contribution in [1.29, 1.82) is 0 Å². The summed E-state index contributed by atoms with van der Waals surface area (Å²) in [5.41, 5.74) is 1.77. The fourth-order valence-corrected chi connectivity index (χ4v) is 2.64. The van der Waals surface area contributed by atoms with Crippen LogP contribution in [0.25, 0.3) is 0 Å². The van der Waals surface area contributed by atoms with Gasteiger partial charge in [0, 0.05) is 5.56 Å². The molecule has 1 aromatic carbocycles. The van der Waals surface area contributed by atoms with Crippen LogP contribution < -0.4 is 4.90 Å². The number of amides is 1. The number of Topliss-reactive ketones (excluding diaryl/α,β-unsaturated/α-hetero) is 1. The summed E-state index contributed by atoms with van der Waals surface area (Å²) in [6.45, 7) is 1.49. The minimum atomic E-state index is -0.414. The summed E-state index contributed by atoms with van der Waals surface area (Å²) >= 11 is 5.24. The van der Waals surface area contributed by atoms with E-state index in [-0.39, 0.29) is 16.8 Å². The largest absolute Gasteiger partial charge is 0.295 e.